The predicted molar refractivity (Wildman–Crippen MR) is 74.7 cm³/mol. The van der Waals surface area contributed by atoms with E-state index in [-0.39, 0.29) is 16.1 Å². The van der Waals surface area contributed by atoms with Crippen molar-refractivity contribution in [2.75, 3.05) is 27.2 Å². The topological polar surface area (TPSA) is 53.5 Å². The number of pyridine rings is 1. The van der Waals surface area contributed by atoms with Gasteiger partial charge < -0.3 is 4.90 Å². The molecule has 0 saturated carbocycles. The summed E-state index contributed by atoms with van der Waals surface area (Å²) < 4.78 is 26.8. The molecule has 0 spiro atoms. The van der Waals surface area contributed by atoms with Gasteiger partial charge in [0.05, 0.1) is 4.90 Å². The molecular formula is C12H18ClN3O2S. The molecule has 19 heavy (non-hydrogen) atoms. The van der Waals surface area contributed by atoms with Crippen LogP contribution < -0.4 is 0 Å². The van der Waals surface area contributed by atoms with E-state index in [1.165, 1.54) is 18.3 Å². The number of likely N-dealkylation sites (N-methyl/N-ethyl adjacent to an activating group) is 1. The summed E-state index contributed by atoms with van der Waals surface area (Å²) in [5.74, 6) is 0. The molecule has 1 atom stereocenters. The minimum atomic E-state index is -3.47. The normalized spacial score (nSPS) is 21.2. The average molecular weight is 304 g/mol. The van der Waals surface area contributed by atoms with Gasteiger partial charge in [0.25, 0.3) is 0 Å². The third-order valence-corrected chi connectivity index (χ3v) is 5.36. The van der Waals surface area contributed by atoms with Crippen molar-refractivity contribution in [3.8, 4) is 0 Å². The van der Waals surface area contributed by atoms with Crippen LogP contribution >= 0.6 is 11.6 Å². The Labute approximate surface area is 119 Å². The predicted octanol–water partition coefficient (Wildman–Crippen LogP) is 1.45. The number of hydrogen-bond donors (Lipinski definition) is 0. The van der Waals surface area contributed by atoms with Gasteiger partial charge in [-0.3, -0.25) is 0 Å². The zero-order valence-corrected chi connectivity index (χ0v) is 12.7. The maximum atomic E-state index is 12.6. The number of aromatic nitrogens is 1. The van der Waals surface area contributed by atoms with Gasteiger partial charge in [0.2, 0.25) is 10.0 Å². The molecule has 1 aliphatic heterocycles. The first-order chi connectivity index (χ1) is 8.91. The van der Waals surface area contributed by atoms with Gasteiger partial charge in [-0.25, -0.2) is 13.4 Å². The molecule has 7 heteroatoms. The van der Waals surface area contributed by atoms with Gasteiger partial charge in [0.15, 0.2) is 0 Å². The number of halogens is 1. The van der Waals surface area contributed by atoms with Crippen molar-refractivity contribution in [1.82, 2.24) is 14.2 Å². The van der Waals surface area contributed by atoms with Crippen LogP contribution in [0.4, 0.5) is 0 Å². The Hall–Kier alpha value is -0.690. The molecular weight excluding hydrogens is 286 g/mol. The van der Waals surface area contributed by atoms with Gasteiger partial charge in [0.1, 0.15) is 5.15 Å². The Morgan fingerprint density at radius 1 is 1.53 bits per heavy atom. The van der Waals surface area contributed by atoms with E-state index >= 15 is 0 Å². The van der Waals surface area contributed by atoms with Gasteiger partial charge in [-0.15, -0.1) is 0 Å². The summed E-state index contributed by atoms with van der Waals surface area (Å²) in [5, 5.41) is 0.199. The smallest absolute Gasteiger partial charge is 0.243 e. The van der Waals surface area contributed by atoms with Crippen LogP contribution in [0.15, 0.2) is 23.2 Å². The second kappa shape index (κ2) is 5.75. The fourth-order valence-electron chi connectivity index (χ4n) is 2.41. The van der Waals surface area contributed by atoms with Crippen molar-refractivity contribution in [3.63, 3.8) is 0 Å². The third kappa shape index (κ3) is 3.25. The average Bonchev–Trinajstić information content (AvgIpc) is 2.77. The van der Waals surface area contributed by atoms with Crippen LogP contribution in [0.25, 0.3) is 0 Å². The van der Waals surface area contributed by atoms with Gasteiger partial charge in [0, 0.05) is 25.3 Å². The molecule has 0 N–H and O–H groups in total. The molecule has 2 heterocycles. The Kier molecular flexibility index (Phi) is 4.45. The molecule has 0 aromatic carbocycles. The van der Waals surface area contributed by atoms with Crippen LogP contribution in [0, 0.1) is 0 Å². The van der Waals surface area contributed by atoms with Crippen molar-refractivity contribution in [1.29, 1.82) is 0 Å². The maximum absolute atomic E-state index is 12.6. The molecule has 106 valence electrons. The van der Waals surface area contributed by atoms with Crippen LogP contribution in [0.1, 0.15) is 12.8 Å². The molecule has 1 aromatic heterocycles. The Morgan fingerprint density at radius 2 is 2.26 bits per heavy atom. The summed E-state index contributed by atoms with van der Waals surface area (Å²) in [6.45, 7) is 1.30. The van der Waals surface area contributed by atoms with Crippen LogP contribution in [0.3, 0.4) is 0 Å². The minimum Gasteiger partial charge on any atom is -0.308 e. The van der Waals surface area contributed by atoms with Crippen LogP contribution in [-0.2, 0) is 10.0 Å². The number of nitrogens with zero attached hydrogens (tertiary/aromatic N) is 3. The molecule has 1 saturated heterocycles. The third-order valence-electron chi connectivity index (χ3n) is 3.20. The van der Waals surface area contributed by atoms with Crippen LogP contribution in [0.2, 0.25) is 5.15 Å². The first kappa shape index (κ1) is 14.7. The quantitative estimate of drug-likeness (QED) is 0.790. The summed E-state index contributed by atoms with van der Waals surface area (Å²) >= 11 is 5.78. The van der Waals surface area contributed by atoms with Crippen molar-refractivity contribution in [2.24, 2.45) is 0 Å². The van der Waals surface area contributed by atoms with E-state index in [0.717, 1.165) is 19.4 Å². The summed E-state index contributed by atoms with van der Waals surface area (Å²) in [4.78, 5) is 6.05. The molecule has 5 nitrogen and oxygen atoms in total. The standard InChI is InChI=1S/C12H18ClN3O2S/c1-15(2)9-10-4-3-7-16(10)19(17,18)11-5-6-14-12(13)8-11/h5-6,8,10H,3-4,7,9H2,1-2H3. The summed E-state index contributed by atoms with van der Waals surface area (Å²) in [6, 6.07) is 2.93. The van der Waals surface area contributed by atoms with E-state index in [1.807, 2.05) is 19.0 Å². The van der Waals surface area contributed by atoms with E-state index in [1.54, 1.807) is 4.31 Å². The lowest BCUT2D eigenvalue weighted by Gasteiger charge is -2.26. The Balaban J connectivity index is 2.28. The summed E-state index contributed by atoms with van der Waals surface area (Å²) in [7, 11) is 0.428. The highest BCUT2D eigenvalue weighted by atomic mass is 35.5. The van der Waals surface area contributed by atoms with Crippen LogP contribution in [-0.4, -0.2) is 55.8 Å². The molecule has 1 fully saturated rings. The van der Waals surface area contributed by atoms with Crippen molar-refractivity contribution < 1.29 is 8.42 Å². The molecule has 0 amide bonds. The molecule has 1 unspecified atom stereocenters. The largest absolute Gasteiger partial charge is 0.308 e. The van der Waals surface area contributed by atoms with Crippen molar-refractivity contribution >= 4 is 21.6 Å². The summed E-state index contributed by atoms with van der Waals surface area (Å²) in [5.41, 5.74) is 0. The molecule has 1 aliphatic rings. The highest BCUT2D eigenvalue weighted by Crippen LogP contribution is 2.26. The van der Waals surface area contributed by atoms with E-state index in [0.29, 0.717) is 6.54 Å². The van der Waals surface area contributed by atoms with Crippen molar-refractivity contribution in [2.45, 2.75) is 23.8 Å². The SMILES string of the molecule is CN(C)CC1CCCN1S(=O)(=O)c1ccnc(Cl)c1. The molecule has 1 aromatic rings. The highest BCUT2D eigenvalue weighted by molar-refractivity contribution is 7.89. The van der Waals surface area contributed by atoms with E-state index in [2.05, 4.69) is 4.98 Å². The Bertz CT molecular complexity index is 548. The van der Waals surface area contributed by atoms with E-state index < -0.39 is 10.0 Å². The highest BCUT2D eigenvalue weighted by Gasteiger charge is 2.35. The molecule has 2 rings (SSSR count). The first-order valence-corrected chi connectivity index (χ1v) is 8.01. The van der Waals surface area contributed by atoms with Gasteiger partial charge in [-0.05, 0) is 39.1 Å². The number of hydrogen-bond acceptors (Lipinski definition) is 4. The van der Waals surface area contributed by atoms with Gasteiger partial charge >= 0.3 is 0 Å². The van der Waals surface area contributed by atoms with E-state index in [9.17, 15) is 8.42 Å². The van der Waals surface area contributed by atoms with Crippen molar-refractivity contribution in [3.05, 3.63) is 23.5 Å². The summed E-state index contributed by atoms with van der Waals surface area (Å²) in [6.07, 6.45) is 3.22. The minimum absolute atomic E-state index is 0.0342. The lowest BCUT2D eigenvalue weighted by molar-refractivity contribution is 0.291. The Morgan fingerprint density at radius 3 is 2.89 bits per heavy atom. The monoisotopic (exact) mass is 303 g/mol. The lowest BCUT2D eigenvalue weighted by Crippen LogP contribution is -2.41. The number of rotatable bonds is 4. The molecule has 0 bridgehead atoms. The fourth-order valence-corrected chi connectivity index (χ4v) is 4.35. The second-order valence-electron chi connectivity index (χ2n) is 4.99. The lowest BCUT2D eigenvalue weighted by atomic mass is 10.2. The zero-order chi connectivity index (χ0) is 14.0. The molecule has 0 radical (unpaired) electrons. The second-order valence-corrected chi connectivity index (χ2v) is 7.27. The number of sulfonamides is 1. The maximum Gasteiger partial charge on any atom is 0.243 e. The first-order valence-electron chi connectivity index (χ1n) is 6.19. The van der Waals surface area contributed by atoms with Gasteiger partial charge in [-0.2, -0.15) is 4.31 Å². The fraction of sp³-hybridized carbons (Fsp3) is 0.583. The van der Waals surface area contributed by atoms with Crippen LogP contribution in [0.5, 0.6) is 0 Å². The van der Waals surface area contributed by atoms with E-state index in [4.69, 9.17) is 11.6 Å². The zero-order valence-electron chi connectivity index (χ0n) is 11.1. The van der Waals surface area contributed by atoms with Gasteiger partial charge in [-0.1, -0.05) is 11.6 Å². The molecule has 0 aliphatic carbocycles.